The van der Waals surface area contributed by atoms with Crippen LogP contribution in [0.25, 0.3) is 10.9 Å². The summed E-state index contributed by atoms with van der Waals surface area (Å²) in [4.78, 5) is 12.3. The lowest BCUT2D eigenvalue weighted by atomic mass is 10.2. The number of alkyl halides is 2. The van der Waals surface area contributed by atoms with E-state index >= 15 is 0 Å². The number of rotatable bonds is 8. The van der Waals surface area contributed by atoms with Crippen LogP contribution in [0.4, 0.5) is 8.78 Å². The smallest absolute Gasteiger partial charge is 0.387 e. The van der Waals surface area contributed by atoms with Crippen molar-refractivity contribution in [1.29, 1.82) is 0 Å². The standard InChI is InChI=1S/C20H20F2N2O3/c1-26-18-13-15(7-8-17(18)27-20(21)22)19(25)23-10-4-11-24-12-9-14-5-2-3-6-16(14)24/h2-3,5-9,12-13,20H,4,10-11H2,1H3,(H,23,25). The van der Waals surface area contributed by atoms with Gasteiger partial charge in [-0.15, -0.1) is 0 Å². The molecule has 0 saturated heterocycles. The normalized spacial score (nSPS) is 11.0. The van der Waals surface area contributed by atoms with E-state index in [9.17, 15) is 13.6 Å². The van der Waals surface area contributed by atoms with Crippen LogP contribution in [0, 0.1) is 0 Å². The SMILES string of the molecule is COc1cc(C(=O)NCCCn2ccc3ccccc32)ccc1OC(F)F. The molecule has 7 heteroatoms. The summed E-state index contributed by atoms with van der Waals surface area (Å²) >= 11 is 0. The van der Waals surface area contributed by atoms with Crippen LogP contribution in [0.3, 0.4) is 0 Å². The first-order valence-electron chi connectivity index (χ1n) is 8.53. The summed E-state index contributed by atoms with van der Waals surface area (Å²) in [5.41, 5.74) is 1.48. The molecule has 0 unspecified atom stereocenters. The first-order valence-corrected chi connectivity index (χ1v) is 8.53. The van der Waals surface area contributed by atoms with Crippen LogP contribution < -0.4 is 14.8 Å². The topological polar surface area (TPSA) is 52.5 Å². The van der Waals surface area contributed by atoms with Crippen molar-refractivity contribution in [3.05, 3.63) is 60.3 Å². The van der Waals surface area contributed by atoms with E-state index in [0.29, 0.717) is 12.1 Å². The average molecular weight is 374 g/mol. The number of amides is 1. The van der Waals surface area contributed by atoms with E-state index in [-0.39, 0.29) is 17.4 Å². The number of methoxy groups -OCH3 is 1. The Labute approximate surface area is 155 Å². The monoisotopic (exact) mass is 374 g/mol. The van der Waals surface area contributed by atoms with Gasteiger partial charge in [0.15, 0.2) is 11.5 Å². The molecule has 0 aliphatic carbocycles. The van der Waals surface area contributed by atoms with Crippen molar-refractivity contribution in [2.24, 2.45) is 0 Å². The Morgan fingerprint density at radius 1 is 1.15 bits per heavy atom. The molecule has 0 aliphatic heterocycles. The molecule has 0 atom stereocenters. The highest BCUT2D eigenvalue weighted by Crippen LogP contribution is 2.29. The van der Waals surface area contributed by atoms with Crippen LogP contribution in [0.1, 0.15) is 16.8 Å². The molecule has 0 saturated carbocycles. The van der Waals surface area contributed by atoms with Gasteiger partial charge in [-0.1, -0.05) is 18.2 Å². The highest BCUT2D eigenvalue weighted by Gasteiger charge is 2.14. The van der Waals surface area contributed by atoms with Crippen molar-refractivity contribution < 1.29 is 23.0 Å². The summed E-state index contributed by atoms with van der Waals surface area (Å²) in [6, 6.07) is 14.3. The number of benzene rings is 2. The number of halogens is 2. The first kappa shape index (κ1) is 18.7. The third kappa shape index (κ3) is 4.55. The summed E-state index contributed by atoms with van der Waals surface area (Å²) in [5.74, 6) is -0.320. The Balaban J connectivity index is 1.54. The zero-order chi connectivity index (χ0) is 19.2. The number of carbonyl (C=O) groups excluding carboxylic acids is 1. The number of fused-ring (bicyclic) bond motifs is 1. The van der Waals surface area contributed by atoms with Gasteiger partial charge < -0.3 is 19.4 Å². The largest absolute Gasteiger partial charge is 0.493 e. The summed E-state index contributed by atoms with van der Waals surface area (Å²) in [6.07, 6.45) is 2.78. The molecule has 0 bridgehead atoms. The molecule has 2 aromatic carbocycles. The molecule has 5 nitrogen and oxygen atoms in total. The van der Waals surface area contributed by atoms with E-state index in [1.54, 1.807) is 0 Å². The van der Waals surface area contributed by atoms with Crippen molar-refractivity contribution in [2.75, 3.05) is 13.7 Å². The molecule has 1 amide bonds. The zero-order valence-corrected chi connectivity index (χ0v) is 14.8. The van der Waals surface area contributed by atoms with Crippen molar-refractivity contribution in [2.45, 2.75) is 19.6 Å². The van der Waals surface area contributed by atoms with Crippen LogP contribution in [0.15, 0.2) is 54.7 Å². The maximum absolute atomic E-state index is 12.4. The first-order chi connectivity index (χ1) is 13.1. The Morgan fingerprint density at radius 2 is 1.96 bits per heavy atom. The number of para-hydroxylation sites is 1. The lowest BCUT2D eigenvalue weighted by Crippen LogP contribution is -2.25. The van der Waals surface area contributed by atoms with E-state index in [1.807, 2.05) is 18.3 Å². The van der Waals surface area contributed by atoms with Gasteiger partial charge in [0, 0.05) is 30.4 Å². The minimum Gasteiger partial charge on any atom is -0.493 e. The van der Waals surface area contributed by atoms with Crippen LogP contribution >= 0.6 is 0 Å². The van der Waals surface area contributed by atoms with Crippen molar-refractivity contribution in [3.8, 4) is 11.5 Å². The fraction of sp³-hybridized carbons (Fsp3) is 0.250. The fourth-order valence-corrected chi connectivity index (χ4v) is 2.89. The second-order valence-corrected chi connectivity index (χ2v) is 5.92. The molecule has 142 valence electrons. The van der Waals surface area contributed by atoms with Crippen molar-refractivity contribution in [1.82, 2.24) is 9.88 Å². The predicted octanol–water partition coefficient (Wildman–Crippen LogP) is 4.07. The maximum atomic E-state index is 12.4. The zero-order valence-electron chi connectivity index (χ0n) is 14.8. The minimum absolute atomic E-state index is 0.0850. The van der Waals surface area contributed by atoms with Crippen LogP contribution in [-0.2, 0) is 6.54 Å². The Bertz CT molecular complexity index is 924. The van der Waals surface area contributed by atoms with Gasteiger partial charge in [0.1, 0.15) is 0 Å². The highest BCUT2D eigenvalue weighted by atomic mass is 19.3. The van der Waals surface area contributed by atoms with Gasteiger partial charge in [0.05, 0.1) is 7.11 Å². The third-order valence-electron chi connectivity index (χ3n) is 4.18. The molecule has 1 heterocycles. The maximum Gasteiger partial charge on any atom is 0.387 e. The Morgan fingerprint density at radius 3 is 2.74 bits per heavy atom. The molecule has 3 rings (SSSR count). The van der Waals surface area contributed by atoms with Gasteiger partial charge in [0.25, 0.3) is 5.91 Å². The molecule has 1 aromatic heterocycles. The molecule has 27 heavy (non-hydrogen) atoms. The van der Waals surface area contributed by atoms with E-state index < -0.39 is 6.61 Å². The number of nitrogens with one attached hydrogen (secondary N) is 1. The van der Waals surface area contributed by atoms with Crippen LogP contribution in [0.5, 0.6) is 11.5 Å². The number of aryl methyl sites for hydroxylation is 1. The Kier molecular flexibility index (Phi) is 5.90. The van der Waals surface area contributed by atoms with Gasteiger partial charge >= 0.3 is 6.61 Å². The second kappa shape index (κ2) is 8.53. The Hall–Kier alpha value is -3.09. The van der Waals surface area contributed by atoms with Crippen molar-refractivity contribution in [3.63, 3.8) is 0 Å². The number of ether oxygens (including phenoxy) is 2. The van der Waals surface area contributed by atoms with Crippen LogP contribution in [0.2, 0.25) is 0 Å². The summed E-state index contributed by atoms with van der Waals surface area (Å²) in [7, 11) is 1.33. The minimum atomic E-state index is -2.96. The summed E-state index contributed by atoms with van der Waals surface area (Å²) in [6.45, 7) is -1.69. The molecule has 0 radical (unpaired) electrons. The number of carbonyl (C=O) groups is 1. The average Bonchev–Trinajstić information content (AvgIpc) is 3.08. The van der Waals surface area contributed by atoms with Gasteiger partial charge in [0.2, 0.25) is 0 Å². The van der Waals surface area contributed by atoms with Crippen molar-refractivity contribution >= 4 is 16.8 Å². The van der Waals surface area contributed by atoms with Gasteiger partial charge in [-0.2, -0.15) is 8.78 Å². The molecular formula is C20H20F2N2O3. The summed E-state index contributed by atoms with van der Waals surface area (Å²) < 4.78 is 36.2. The molecule has 0 aliphatic rings. The third-order valence-corrected chi connectivity index (χ3v) is 4.18. The number of hydrogen-bond acceptors (Lipinski definition) is 3. The molecule has 1 N–H and O–H groups in total. The van der Waals surface area contributed by atoms with Gasteiger partial charge in [-0.05, 0) is 42.1 Å². The molecule has 0 spiro atoms. The quantitative estimate of drug-likeness (QED) is 0.605. The number of hydrogen-bond donors (Lipinski definition) is 1. The lowest BCUT2D eigenvalue weighted by molar-refractivity contribution is -0.0512. The van der Waals surface area contributed by atoms with Gasteiger partial charge in [-0.25, -0.2) is 0 Å². The molecule has 3 aromatic rings. The highest BCUT2D eigenvalue weighted by molar-refractivity contribution is 5.94. The van der Waals surface area contributed by atoms with E-state index in [4.69, 9.17) is 4.74 Å². The molecule has 0 fully saturated rings. The van der Waals surface area contributed by atoms with E-state index in [2.05, 4.69) is 32.8 Å². The second-order valence-electron chi connectivity index (χ2n) is 5.92. The number of aromatic nitrogens is 1. The summed E-state index contributed by atoms with van der Waals surface area (Å²) in [5, 5.41) is 4.00. The number of nitrogens with zero attached hydrogens (tertiary/aromatic N) is 1. The molecular weight excluding hydrogens is 354 g/mol. The fourth-order valence-electron chi connectivity index (χ4n) is 2.89. The predicted molar refractivity (Wildman–Crippen MR) is 98.5 cm³/mol. The van der Waals surface area contributed by atoms with E-state index in [0.717, 1.165) is 18.5 Å². The van der Waals surface area contributed by atoms with E-state index in [1.165, 1.54) is 30.7 Å². The lowest BCUT2D eigenvalue weighted by Gasteiger charge is -2.12. The van der Waals surface area contributed by atoms with Gasteiger partial charge in [-0.3, -0.25) is 4.79 Å². The van der Waals surface area contributed by atoms with Crippen LogP contribution in [-0.4, -0.2) is 30.7 Å².